The molecule has 14 heteroatoms. The van der Waals surface area contributed by atoms with E-state index in [1.54, 1.807) is 13.8 Å². The number of nitrogens with two attached hydrogens (primary N) is 2. The molecule has 32 heavy (non-hydrogen) atoms. The zero-order chi connectivity index (χ0) is 25.0. The molecule has 182 valence electrons. The predicted octanol–water partition coefficient (Wildman–Crippen LogP) is -2.43. The second-order valence-electron chi connectivity index (χ2n) is 7.22. The molecule has 13 nitrogen and oxygen atoms in total. The van der Waals surface area contributed by atoms with Gasteiger partial charge in [0.15, 0.2) is 0 Å². The zero-order valence-electron chi connectivity index (χ0n) is 17.9. The van der Waals surface area contributed by atoms with Crippen LogP contribution in [0.4, 0.5) is 0 Å². The van der Waals surface area contributed by atoms with Crippen molar-refractivity contribution in [1.82, 2.24) is 16.0 Å². The highest BCUT2D eigenvalue weighted by atomic mass is 32.1. The third-order valence-electron chi connectivity index (χ3n) is 4.63. The van der Waals surface area contributed by atoms with E-state index in [1.165, 1.54) is 0 Å². The molecular formula is C18H31N5O8S. The van der Waals surface area contributed by atoms with Crippen LogP contribution < -0.4 is 27.4 Å². The van der Waals surface area contributed by atoms with Crippen LogP contribution >= 0.6 is 12.6 Å². The van der Waals surface area contributed by atoms with E-state index in [0.29, 0.717) is 6.42 Å². The third kappa shape index (κ3) is 10.4. The quantitative estimate of drug-likeness (QED) is 0.117. The maximum atomic E-state index is 12.8. The predicted molar refractivity (Wildman–Crippen MR) is 115 cm³/mol. The Balaban J connectivity index is 5.54. The van der Waals surface area contributed by atoms with Gasteiger partial charge in [0.25, 0.3) is 0 Å². The molecule has 0 saturated heterocycles. The summed E-state index contributed by atoms with van der Waals surface area (Å²) < 4.78 is 0. The van der Waals surface area contributed by atoms with Crippen LogP contribution in [0.15, 0.2) is 0 Å². The number of hydrogen-bond acceptors (Lipinski definition) is 8. The summed E-state index contributed by atoms with van der Waals surface area (Å²) in [6, 6.07) is -5.29. The molecular weight excluding hydrogens is 446 g/mol. The smallest absolute Gasteiger partial charge is 0.326 e. The second kappa shape index (κ2) is 14.2. The number of carboxylic acid groups (broad SMARTS) is 2. The van der Waals surface area contributed by atoms with Crippen LogP contribution in [-0.4, -0.2) is 75.7 Å². The van der Waals surface area contributed by atoms with Crippen molar-refractivity contribution in [2.45, 2.75) is 63.7 Å². The van der Waals surface area contributed by atoms with E-state index in [0.717, 1.165) is 0 Å². The summed E-state index contributed by atoms with van der Waals surface area (Å²) in [7, 11) is 0. The number of amides is 4. The second-order valence-corrected chi connectivity index (χ2v) is 7.59. The Morgan fingerprint density at radius 1 is 0.938 bits per heavy atom. The van der Waals surface area contributed by atoms with Crippen LogP contribution in [0.2, 0.25) is 0 Å². The van der Waals surface area contributed by atoms with Crippen molar-refractivity contribution in [3.8, 4) is 0 Å². The van der Waals surface area contributed by atoms with Gasteiger partial charge in [0.1, 0.15) is 18.1 Å². The van der Waals surface area contributed by atoms with Gasteiger partial charge in [-0.25, -0.2) is 4.79 Å². The number of carbonyl (C=O) groups excluding carboxylic acids is 4. The summed E-state index contributed by atoms with van der Waals surface area (Å²) in [4.78, 5) is 70.8. The van der Waals surface area contributed by atoms with Crippen LogP contribution in [-0.2, 0) is 28.8 Å². The van der Waals surface area contributed by atoms with E-state index in [9.17, 15) is 33.9 Å². The van der Waals surface area contributed by atoms with Gasteiger partial charge in [-0.15, -0.1) is 0 Å². The van der Waals surface area contributed by atoms with E-state index in [1.807, 2.05) is 0 Å². The van der Waals surface area contributed by atoms with Gasteiger partial charge in [-0.1, -0.05) is 20.3 Å². The van der Waals surface area contributed by atoms with Crippen molar-refractivity contribution in [3.05, 3.63) is 0 Å². The number of primary amides is 1. The van der Waals surface area contributed by atoms with Crippen molar-refractivity contribution >= 4 is 48.2 Å². The molecule has 0 aliphatic carbocycles. The van der Waals surface area contributed by atoms with Gasteiger partial charge in [0, 0.05) is 12.2 Å². The number of rotatable bonds is 15. The van der Waals surface area contributed by atoms with Gasteiger partial charge >= 0.3 is 11.9 Å². The number of nitrogens with one attached hydrogen (secondary N) is 3. The molecule has 5 unspecified atom stereocenters. The van der Waals surface area contributed by atoms with Gasteiger partial charge in [-0.2, -0.15) is 12.6 Å². The topological polar surface area (TPSA) is 231 Å². The van der Waals surface area contributed by atoms with Gasteiger partial charge in [0.05, 0.1) is 12.5 Å². The molecule has 9 N–H and O–H groups in total. The average Bonchev–Trinajstić information content (AvgIpc) is 2.71. The third-order valence-corrected chi connectivity index (χ3v) is 5.03. The fourth-order valence-electron chi connectivity index (χ4n) is 2.51. The van der Waals surface area contributed by atoms with Crippen LogP contribution in [0.25, 0.3) is 0 Å². The van der Waals surface area contributed by atoms with Crippen LogP contribution in [0.3, 0.4) is 0 Å². The standard InChI is InChI=1S/C18H31N5O8S/c1-3-8(2)14(23-15(27)9(19)7-32)17(29)22-11(6-13(25)26)16(28)21-10(18(30)31)4-5-12(20)24/h8-11,14,32H,3-7,19H2,1-2H3,(H2,20,24)(H,21,28)(H,22,29)(H,23,27)(H,25,26)(H,30,31). The molecule has 5 atom stereocenters. The Bertz CT molecular complexity index is 719. The highest BCUT2D eigenvalue weighted by Gasteiger charge is 2.33. The first-order valence-electron chi connectivity index (χ1n) is 9.84. The Hall–Kier alpha value is -2.87. The van der Waals surface area contributed by atoms with Crippen molar-refractivity contribution in [3.63, 3.8) is 0 Å². The molecule has 0 aromatic carbocycles. The van der Waals surface area contributed by atoms with E-state index in [2.05, 4.69) is 28.6 Å². The summed E-state index contributed by atoms with van der Waals surface area (Å²) in [5.41, 5.74) is 10.6. The lowest BCUT2D eigenvalue weighted by molar-refractivity contribution is -0.144. The number of hydrogen-bond donors (Lipinski definition) is 8. The lowest BCUT2D eigenvalue weighted by Gasteiger charge is -2.27. The minimum Gasteiger partial charge on any atom is -0.481 e. The minimum absolute atomic E-state index is 0.0204. The van der Waals surface area contributed by atoms with Crippen molar-refractivity contribution < 1.29 is 39.0 Å². The molecule has 0 fully saturated rings. The molecule has 0 saturated carbocycles. The van der Waals surface area contributed by atoms with Crippen molar-refractivity contribution in [2.75, 3.05) is 5.75 Å². The highest BCUT2D eigenvalue weighted by molar-refractivity contribution is 7.80. The van der Waals surface area contributed by atoms with Crippen LogP contribution in [0.5, 0.6) is 0 Å². The molecule has 4 amide bonds. The average molecular weight is 478 g/mol. The lowest BCUT2D eigenvalue weighted by atomic mass is 9.97. The molecule has 0 aliphatic rings. The van der Waals surface area contributed by atoms with Crippen LogP contribution in [0, 0.1) is 5.92 Å². The first-order chi connectivity index (χ1) is 14.8. The maximum absolute atomic E-state index is 12.8. The number of carboxylic acids is 2. The molecule has 0 heterocycles. The molecule has 0 radical (unpaired) electrons. The Labute approximate surface area is 190 Å². The Morgan fingerprint density at radius 2 is 1.50 bits per heavy atom. The van der Waals surface area contributed by atoms with E-state index < -0.39 is 72.1 Å². The number of aliphatic carboxylic acids is 2. The number of carbonyl (C=O) groups is 6. The SMILES string of the molecule is CCC(C)C(NC(=O)C(N)CS)C(=O)NC(CC(=O)O)C(=O)NC(CCC(N)=O)C(=O)O. The molecule has 0 spiro atoms. The summed E-state index contributed by atoms with van der Waals surface area (Å²) in [5.74, 6) is -6.65. The van der Waals surface area contributed by atoms with Gasteiger partial charge in [0.2, 0.25) is 23.6 Å². The summed E-state index contributed by atoms with van der Waals surface area (Å²) in [5, 5.41) is 25.1. The van der Waals surface area contributed by atoms with Gasteiger partial charge < -0.3 is 37.6 Å². The molecule has 0 bridgehead atoms. The maximum Gasteiger partial charge on any atom is 0.326 e. The van der Waals surface area contributed by atoms with Crippen molar-refractivity contribution in [2.24, 2.45) is 17.4 Å². The summed E-state index contributed by atoms with van der Waals surface area (Å²) in [6.07, 6.45) is -1.05. The number of thiol groups is 1. The molecule has 0 aromatic heterocycles. The molecule has 0 rings (SSSR count). The highest BCUT2D eigenvalue weighted by Crippen LogP contribution is 2.10. The largest absolute Gasteiger partial charge is 0.481 e. The van der Waals surface area contributed by atoms with E-state index >= 15 is 0 Å². The Morgan fingerprint density at radius 3 is 1.94 bits per heavy atom. The molecule has 0 aromatic rings. The first-order valence-corrected chi connectivity index (χ1v) is 10.5. The zero-order valence-corrected chi connectivity index (χ0v) is 18.8. The van der Waals surface area contributed by atoms with Gasteiger partial charge in [-0.3, -0.25) is 24.0 Å². The lowest BCUT2D eigenvalue weighted by Crippen LogP contribution is -2.59. The fourth-order valence-corrected chi connectivity index (χ4v) is 2.67. The Kier molecular flexibility index (Phi) is 13.0. The fraction of sp³-hybridized carbons (Fsp3) is 0.667. The van der Waals surface area contributed by atoms with E-state index in [-0.39, 0.29) is 18.6 Å². The first kappa shape index (κ1) is 29.1. The van der Waals surface area contributed by atoms with Crippen LogP contribution in [0.1, 0.15) is 39.5 Å². The summed E-state index contributed by atoms with van der Waals surface area (Å²) in [6.45, 7) is 3.42. The monoisotopic (exact) mass is 477 g/mol. The van der Waals surface area contributed by atoms with Gasteiger partial charge in [-0.05, 0) is 12.3 Å². The van der Waals surface area contributed by atoms with E-state index in [4.69, 9.17) is 16.6 Å². The molecule has 0 aliphatic heterocycles. The minimum atomic E-state index is -1.64. The summed E-state index contributed by atoms with van der Waals surface area (Å²) >= 11 is 3.92. The normalized spacial score (nSPS) is 15.4. The van der Waals surface area contributed by atoms with Crippen molar-refractivity contribution in [1.29, 1.82) is 0 Å².